The summed E-state index contributed by atoms with van der Waals surface area (Å²) < 4.78 is 10.8. The Hall–Kier alpha value is -0.420. The van der Waals surface area contributed by atoms with Crippen molar-refractivity contribution < 1.29 is 24.3 Å². The normalized spacial score (nSPS) is 32.6. The van der Waals surface area contributed by atoms with Crippen LogP contribution in [-0.2, 0) is 9.36 Å². The molecule has 0 saturated carbocycles. The van der Waals surface area contributed by atoms with Crippen molar-refractivity contribution >= 4 is 13.6 Å². The second-order valence-electron chi connectivity index (χ2n) is 4.12. The van der Waals surface area contributed by atoms with Crippen molar-refractivity contribution in [1.82, 2.24) is 5.32 Å². The molecule has 0 aliphatic carbocycles. The summed E-state index contributed by atoms with van der Waals surface area (Å²) >= 11 is 0. The molecule has 0 bridgehead atoms. The Morgan fingerprint density at radius 3 is 2.60 bits per heavy atom. The average Bonchev–Trinajstić information content (AvgIpc) is 2.06. The summed E-state index contributed by atoms with van der Waals surface area (Å²) in [6.45, 7) is 2.35. The molecule has 0 aromatic rings. The van der Waals surface area contributed by atoms with E-state index in [2.05, 4.69) is 5.32 Å². The van der Waals surface area contributed by atoms with E-state index in [1.54, 1.807) is 0 Å². The lowest BCUT2D eigenvalue weighted by Crippen LogP contribution is -2.48. The minimum atomic E-state index is -4.05. The van der Waals surface area contributed by atoms with Crippen LogP contribution in [0.1, 0.15) is 13.3 Å². The smallest absolute Gasteiger partial charge is 0.325 e. The minimum Gasteiger partial charge on any atom is -0.480 e. The van der Waals surface area contributed by atoms with Gasteiger partial charge in [0.2, 0.25) is 0 Å². The quantitative estimate of drug-likeness (QED) is 0.509. The van der Waals surface area contributed by atoms with Crippen molar-refractivity contribution in [2.75, 3.05) is 12.7 Å². The first-order chi connectivity index (χ1) is 6.79. The second kappa shape index (κ2) is 4.61. The predicted molar refractivity (Wildman–Crippen MR) is 53.6 cm³/mol. The van der Waals surface area contributed by atoms with E-state index in [-0.39, 0.29) is 24.4 Å². The topological polar surface area (TPSA) is 107 Å². The van der Waals surface area contributed by atoms with Crippen LogP contribution in [0.2, 0.25) is 0 Å². The van der Waals surface area contributed by atoms with Crippen LogP contribution in [0.15, 0.2) is 0 Å². The zero-order valence-electron chi connectivity index (χ0n) is 8.46. The third-order valence-corrected chi connectivity index (χ3v) is 3.74. The number of piperidine rings is 1. The number of carbonyl (C=O) groups is 1. The fourth-order valence-corrected chi connectivity index (χ4v) is 2.98. The number of hydrogen-bond acceptors (Lipinski definition) is 3. The molecule has 1 heterocycles. The highest BCUT2D eigenvalue weighted by molar-refractivity contribution is 7.51. The molecule has 0 aromatic heterocycles. The van der Waals surface area contributed by atoms with Gasteiger partial charge >= 0.3 is 13.6 Å². The van der Waals surface area contributed by atoms with Crippen molar-refractivity contribution in [3.63, 3.8) is 0 Å². The van der Waals surface area contributed by atoms with Crippen molar-refractivity contribution in [2.24, 2.45) is 11.8 Å². The third kappa shape index (κ3) is 3.91. The van der Waals surface area contributed by atoms with Crippen LogP contribution in [0.5, 0.6) is 0 Å². The average molecular weight is 237 g/mol. The third-order valence-electron chi connectivity index (χ3n) is 2.80. The first-order valence-electron chi connectivity index (χ1n) is 4.80. The van der Waals surface area contributed by atoms with Crippen molar-refractivity contribution in [1.29, 1.82) is 0 Å². The second-order valence-corrected chi connectivity index (χ2v) is 5.81. The summed E-state index contributed by atoms with van der Waals surface area (Å²) in [4.78, 5) is 28.4. The molecule has 0 aromatic carbocycles. The van der Waals surface area contributed by atoms with E-state index in [4.69, 9.17) is 14.9 Å². The van der Waals surface area contributed by atoms with E-state index in [9.17, 15) is 9.36 Å². The molecule has 88 valence electrons. The van der Waals surface area contributed by atoms with Crippen LogP contribution >= 0.6 is 7.60 Å². The maximum Gasteiger partial charge on any atom is 0.325 e. The lowest BCUT2D eigenvalue weighted by molar-refractivity contribution is -0.140. The number of carboxylic acid groups (broad SMARTS) is 1. The van der Waals surface area contributed by atoms with Gasteiger partial charge in [-0.25, -0.2) is 0 Å². The van der Waals surface area contributed by atoms with Crippen molar-refractivity contribution in [3.8, 4) is 0 Å². The van der Waals surface area contributed by atoms with Crippen LogP contribution in [0.25, 0.3) is 0 Å². The zero-order valence-corrected chi connectivity index (χ0v) is 9.35. The molecule has 0 spiro atoms. The summed E-state index contributed by atoms with van der Waals surface area (Å²) in [6.07, 6.45) is 0.0568. The summed E-state index contributed by atoms with van der Waals surface area (Å²) in [5.74, 6) is -1.10. The molecular formula is C8H16NO5P. The number of rotatable bonds is 3. The summed E-state index contributed by atoms with van der Waals surface area (Å²) in [7, 11) is -4.05. The van der Waals surface area contributed by atoms with Crippen molar-refractivity contribution in [3.05, 3.63) is 0 Å². The van der Waals surface area contributed by atoms with Crippen LogP contribution < -0.4 is 5.32 Å². The zero-order chi connectivity index (χ0) is 11.6. The molecule has 4 N–H and O–H groups in total. The van der Waals surface area contributed by atoms with Gasteiger partial charge in [0.25, 0.3) is 0 Å². The SMILES string of the molecule is C[C@@H]1CN[C@H](C(=O)O)C[C@@H]1CP(=O)(O)O. The molecule has 1 aliphatic rings. The van der Waals surface area contributed by atoms with E-state index in [1.807, 2.05) is 6.92 Å². The Morgan fingerprint density at radius 1 is 1.53 bits per heavy atom. The van der Waals surface area contributed by atoms with Gasteiger partial charge in [-0.2, -0.15) is 0 Å². The van der Waals surface area contributed by atoms with Gasteiger partial charge in [-0.15, -0.1) is 0 Å². The Balaban J connectivity index is 2.61. The molecule has 0 amide bonds. The monoisotopic (exact) mass is 237 g/mol. The molecule has 3 atom stereocenters. The van der Waals surface area contributed by atoms with E-state index in [1.165, 1.54) is 0 Å². The molecule has 15 heavy (non-hydrogen) atoms. The molecule has 7 heteroatoms. The minimum absolute atomic E-state index is 0.0909. The largest absolute Gasteiger partial charge is 0.480 e. The molecular weight excluding hydrogens is 221 g/mol. The van der Waals surface area contributed by atoms with Crippen molar-refractivity contribution in [2.45, 2.75) is 19.4 Å². The van der Waals surface area contributed by atoms with E-state index >= 15 is 0 Å². The van der Waals surface area contributed by atoms with E-state index < -0.39 is 19.6 Å². The number of carboxylic acids is 1. The highest BCUT2D eigenvalue weighted by atomic mass is 31.2. The molecule has 1 saturated heterocycles. The Kier molecular flexibility index (Phi) is 3.89. The maximum atomic E-state index is 10.8. The summed E-state index contributed by atoms with van der Waals surface area (Å²) in [6, 6.07) is -0.683. The van der Waals surface area contributed by atoms with Gasteiger partial charge in [-0.1, -0.05) is 6.92 Å². The Morgan fingerprint density at radius 2 is 2.13 bits per heavy atom. The molecule has 6 nitrogen and oxygen atoms in total. The van der Waals surface area contributed by atoms with Gasteiger partial charge in [0.1, 0.15) is 6.04 Å². The predicted octanol–water partition coefficient (Wildman–Crippen LogP) is -0.137. The number of aliphatic carboxylic acids is 1. The standard InChI is InChI=1S/C8H16NO5P/c1-5-3-9-7(8(10)11)2-6(5)4-15(12,13)14/h5-7,9H,2-4H2,1H3,(H,10,11)(H2,12,13,14)/t5-,6-,7+/m1/s1. The molecule has 1 aliphatic heterocycles. The number of nitrogens with one attached hydrogen (secondary N) is 1. The van der Waals surface area contributed by atoms with E-state index in [0.29, 0.717) is 6.54 Å². The summed E-state index contributed by atoms with van der Waals surface area (Å²) in [5, 5.41) is 11.6. The lowest BCUT2D eigenvalue weighted by atomic mass is 9.85. The maximum absolute atomic E-state index is 10.8. The van der Waals surface area contributed by atoms with Crippen LogP contribution in [0.4, 0.5) is 0 Å². The van der Waals surface area contributed by atoms with Gasteiger partial charge < -0.3 is 20.2 Å². The van der Waals surface area contributed by atoms with Crippen LogP contribution in [0.3, 0.4) is 0 Å². The first-order valence-corrected chi connectivity index (χ1v) is 6.60. The highest BCUT2D eigenvalue weighted by Crippen LogP contribution is 2.41. The fourth-order valence-electron chi connectivity index (χ4n) is 1.86. The molecule has 0 radical (unpaired) electrons. The summed E-state index contributed by atoms with van der Waals surface area (Å²) in [5.41, 5.74) is 0. The number of hydrogen-bond donors (Lipinski definition) is 4. The highest BCUT2D eigenvalue weighted by Gasteiger charge is 2.34. The van der Waals surface area contributed by atoms with Gasteiger partial charge in [0.05, 0.1) is 6.16 Å². The van der Waals surface area contributed by atoms with Gasteiger partial charge in [-0.3, -0.25) is 9.36 Å². The fraction of sp³-hybridized carbons (Fsp3) is 0.875. The first kappa shape index (κ1) is 12.6. The van der Waals surface area contributed by atoms with Gasteiger partial charge in [-0.05, 0) is 24.8 Å². The Labute approximate surface area is 87.8 Å². The Bertz CT molecular complexity index is 289. The van der Waals surface area contributed by atoms with E-state index in [0.717, 1.165) is 0 Å². The van der Waals surface area contributed by atoms with Gasteiger partial charge in [0, 0.05) is 0 Å². The molecule has 0 unspecified atom stereocenters. The van der Waals surface area contributed by atoms with Crippen LogP contribution in [-0.4, -0.2) is 39.6 Å². The van der Waals surface area contributed by atoms with Gasteiger partial charge in [0.15, 0.2) is 0 Å². The van der Waals surface area contributed by atoms with Crippen LogP contribution in [0, 0.1) is 11.8 Å². The molecule has 1 rings (SSSR count). The lowest BCUT2D eigenvalue weighted by Gasteiger charge is -2.33. The molecule has 1 fully saturated rings.